The van der Waals surface area contributed by atoms with E-state index in [-0.39, 0.29) is 47.6 Å². The molecule has 3 aromatic rings. The fraction of sp³-hybridized carbons (Fsp3) is 0.0455. The molecule has 0 aliphatic heterocycles. The summed E-state index contributed by atoms with van der Waals surface area (Å²) >= 11 is 0. The lowest BCUT2D eigenvalue weighted by Crippen LogP contribution is -2.04. The average molecular weight is 433 g/mol. The quantitative estimate of drug-likeness (QED) is 0.253. The van der Waals surface area contributed by atoms with Crippen LogP contribution in [0.15, 0.2) is 73.7 Å². The number of carbonyl (C=O) groups excluding carboxylic acids is 2. The van der Waals surface area contributed by atoms with Gasteiger partial charge in [0.25, 0.3) is 0 Å². The van der Waals surface area contributed by atoms with E-state index < -0.39 is 0 Å². The molecule has 0 aliphatic rings. The van der Waals surface area contributed by atoms with Crippen LogP contribution in [0.2, 0.25) is 0 Å². The Morgan fingerprint density at radius 3 is 1.59 bits per heavy atom. The zero-order valence-electron chi connectivity index (χ0n) is 16.5. The molecule has 10 heteroatoms. The first-order chi connectivity index (χ1) is 15.7. The Morgan fingerprint density at radius 2 is 1.16 bits per heavy atom. The number of nitrogens with zero attached hydrogens (tertiary/aromatic N) is 3. The Labute approximate surface area is 182 Å². The summed E-state index contributed by atoms with van der Waals surface area (Å²) in [5.74, 6) is 3.91. The minimum absolute atomic E-state index is 0.0951. The molecule has 0 unspecified atom stereocenters. The largest absolute Gasteiger partial charge is 0.459 e. The van der Waals surface area contributed by atoms with Gasteiger partial charge in [-0.25, -0.2) is 9.59 Å². The van der Waals surface area contributed by atoms with Gasteiger partial charge in [0.15, 0.2) is 47.4 Å². The van der Waals surface area contributed by atoms with Crippen LogP contribution in [-0.4, -0.2) is 33.4 Å². The molecule has 0 atom stereocenters. The van der Waals surface area contributed by atoms with Crippen LogP contribution in [0, 0.1) is 0 Å². The van der Waals surface area contributed by atoms with Gasteiger partial charge in [-0.1, -0.05) is 36.9 Å². The summed E-state index contributed by atoms with van der Waals surface area (Å²) in [6.07, 6.45) is 3.19. The molecule has 160 valence electrons. The van der Waals surface area contributed by atoms with Crippen LogP contribution < -0.4 is 23.7 Å². The molecule has 3 rings (SSSR count). The molecule has 10 nitrogen and oxygen atoms in total. The number of rotatable bonds is 11. The van der Waals surface area contributed by atoms with E-state index in [0.29, 0.717) is 0 Å². The summed E-state index contributed by atoms with van der Waals surface area (Å²) in [4.78, 5) is 33.2. The summed E-state index contributed by atoms with van der Waals surface area (Å²) in [5.41, 5.74) is 0. The standard InChI is InChI=1S/C22H15N3O7/c1-2-13-30-20-23-21(31-18-9-5-3-7-16(18)28-14-11-26)25-22(24-20)32-19-10-6-4-8-17(19)29-15-12-27/h2-10,14-15H,1,13H2. The second-order valence-electron chi connectivity index (χ2n) is 5.59. The molecule has 0 aliphatic carbocycles. The molecular formula is C22H15N3O7. The molecule has 0 amide bonds. The van der Waals surface area contributed by atoms with Crippen molar-refractivity contribution in [3.05, 3.63) is 73.7 Å². The topological polar surface area (TPSA) is 119 Å². The van der Waals surface area contributed by atoms with Crippen molar-refractivity contribution in [3.63, 3.8) is 0 Å². The molecule has 0 spiro atoms. The summed E-state index contributed by atoms with van der Waals surface area (Å²) in [6, 6.07) is 12.6. The molecule has 0 saturated carbocycles. The number of aromatic nitrogens is 3. The van der Waals surface area contributed by atoms with E-state index in [2.05, 4.69) is 21.5 Å². The third-order valence-electron chi connectivity index (χ3n) is 3.47. The first kappa shape index (κ1) is 21.8. The van der Waals surface area contributed by atoms with Crippen molar-refractivity contribution in [2.45, 2.75) is 0 Å². The van der Waals surface area contributed by atoms with Gasteiger partial charge in [-0.3, -0.25) is 0 Å². The number of ether oxygens (including phenoxy) is 5. The van der Waals surface area contributed by atoms with Crippen molar-refractivity contribution in [1.29, 1.82) is 0 Å². The highest BCUT2D eigenvalue weighted by molar-refractivity contribution is 5.48. The van der Waals surface area contributed by atoms with Crippen molar-refractivity contribution in [2.24, 2.45) is 0 Å². The van der Waals surface area contributed by atoms with Gasteiger partial charge >= 0.3 is 18.0 Å². The summed E-state index contributed by atoms with van der Waals surface area (Å²) < 4.78 is 27.1. The predicted molar refractivity (Wildman–Crippen MR) is 110 cm³/mol. The van der Waals surface area contributed by atoms with Gasteiger partial charge in [0, 0.05) is 0 Å². The van der Waals surface area contributed by atoms with Crippen LogP contribution in [0.4, 0.5) is 0 Å². The van der Waals surface area contributed by atoms with E-state index in [1.807, 2.05) is 0 Å². The fourth-order valence-corrected chi connectivity index (χ4v) is 2.25. The molecule has 32 heavy (non-hydrogen) atoms. The van der Waals surface area contributed by atoms with Crippen molar-refractivity contribution in [1.82, 2.24) is 15.0 Å². The number of hydrogen-bond donors (Lipinski definition) is 0. The van der Waals surface area contributed by atoms with Gasteiger partial charge in [-0.05, 0) is 24.3 Å². The van der Waals surface area contributed by atoms with Crippen LogP contribution >= 0.6 is 0 Å². The Morgan fingerprint density at radius 1 is 0.719 bits per heavy atom. The van der Waals surface area contributed by atoms with Gasteiger partial charge in [0.1, 0.15) is 6.61 Å². The minimum Gasteiger partial charge on any atom is -0.459 e. The second-order valence-corrected chi connectivity index (χ2v) is 5.59. The highest BCUT2D eigenvalue weighted by atomic mass is 16.6. The van der Waals surface area contributed by atoms with Gasteiger partial charge < -0.3 is 23.7 Å². The lowest BCUT2D eigenvalue weighted by molar-refractivity contribution is 0.304. The monoisotopic (exact) mass is 433 g/mol. The fourth-order valence-electron chi connectivity index (χ4n) is 2.25. The van der Waals surface area contributed by atoms with E-state index in [4.69, 9.17) is 23.7 Å². The van der Waals surface area contributed by atoms with Crippen molar-refractivity contribution >= 4 is 11.9 Å². The highest BCUT2D eigenvalue weighted by Crippen LogP contribution is 2.33. The predicted octanol–water partition coefficient (Wildman–Crippen LogP) is 3.47. The first-order valence-corrected chi connectivity index (χ1v) is 8.99. The zero-order chi connectivity index (χ0) is 22.6. The van der Waals surface area contributed by atoms with Gasteiger partial charge in [0.2, 0.25) is 0 Å². The summed E-state index contributed by atoms with van der Waals surface area (Å²) in [6.45, 7) is 3.70. The number of para-hydroxylation sites is 4. The molecule has 0 bridgehead atoms. The highest BCUT2D eigenvalue weighted by Gasteiger charge is 2.15. The normalized spacial score (nSPS) is 9.50. The Bertz CT molecular complexity index is 1100. The third kappa shape index (κ3) is 6.04. The van der Waals surface area contributed by atoms with Crippen LogP contribution in [0.5, 0.6) is 41.0 Å². The third-order valence-corrected chi connectivity index (χ3v) is 3.47. The molecule has 1 aromatic heterocycles. The van der Waals surface area contributed by atoms with Crippen LogP contribution in [-0.2, 0) is 9.59 Å². The Hall–Kier alpha value is -4.91. The molecular weight excluding hydrogens is 418 g/mol. The lowest BCUT2D eigenvalue weighted by Gasteiger charge is -2.11. The average Bonchev–Trinajstić information content (AvgIpc) is 2.81. The lowest BCUT2D eigenvalue weighted by atomic mass is 10.3. The number of benzene rings is 2. The maximum Gasteiger partial charge on any atom is 0.331 e. The molecule has 0 radical (unpaired) electrons. The smallest absolute Gasteiger partial charge is 0.331 e. The van der Waals surface area contributed by atoms with Crippen molar-refractivity contribution in [2.75, 3.05) is 6.61 Å². The van der Waals surface area contributed by atoms with Gasteiger partial charge in [-0.15, -0.1) is 15.0 Å². The van der Waals surface area contributed by atoms with Gasteiger partial charge in [0.05, 0.1) is 0 Å². The number of hydrogen-bond acceptors (Lipinski definition) is 10. The summed E-state index contributed by atoms with van der Waals surface area (Å²) in [5, 5.41) is 0. The Balaban J connectivity index is 1.94. The molecule has 0 N–H and O–H groups in total. The van der Waals surface area contributed by atoms with E-state index in [0.717, 1.165) is 12.5 Å². The van der Waals surface area contributed by atoms with Crippen molar-refractivity contribution in [3.8, 4) is 41.0 Å². The maximum absolute atomic E-state index is 10.5. The first-order valence-electron chi connectivity index (χ1n) is 8.99. The van der Waals surface area contributed by atoms with Crippen LogP contribution in [0.25, 0.3) is 0 Å². The van der Waals surface area contributed by atoms with Crippen molar-refractivity contribution < 1.29 is 33.3 Å². The van der Waals surface area contributed by atoms with E-state index >= 15 is 0 Å². The maximum atomic E-state index is 10.5. The zero-order valence-corrected chi connectivity index (χ0v) is 16.5. The van der Waals surface area contributed by atoms with E-state index in [1.54, 1.807) is 48.5 Å². The minimum atomic E-state index is -0.175. The second kappa shape index (κ2) is 11.3. The van der Waals surface area contributed by atoms with Crippen LogP contribution in [0.1, 0.15) is 0 Å². The van der Waals surface area contributed by atoms with Crippen LogP contribution in [0.3, 0.4) is 0 Å². The molecule has 0 saturated heterocycles. The molecule has 0 fully saturated rings. The molecule has 1 heterocycles. The SMILES string of the molecule is C=CCOc1nc(Oc2ccccc2OC=C=O)nc(Oc2ccccc2OC=C=O)n1. The molecule has 2 aromatic carbocycles. The van der Waals surface area contributed by atoms with E-state index in [1.165, 1.54) is 18.0 Å². The Kier molecular flexibility index (Phi) is 7.71. The van der Waals surface area contributed by atoms with Gasteiger partial charge in [-0.2, -0.15) is 0 Å². The summed E-state index contributed by atoms with van der Waals surface area (Å²) in [7, 11) is 0. The van der Waals surface area contributed by atoms with E-state index in [9.17, 15) is 9.59 Å².